The fourth-order valence-corrected chi connectivity index (χ4v) is 3.90. The van der Waals surface area contributed by atoms with Crippen molar-refractivity contribution in [2.75, 3.05) is 5.32 Å². The highest BCUT2D eigenvalue weighted by Crippen LogP contribution is 2.25. The Kier molecular flexibility index (Phi) is 9.89. The minimum atomic E-state index is -4.94. The zero-order valence-corrected chi connectivity index (χ0v) is 21.4. The standard InChI is InChI=1S/C28H30F3N3O5/c1-18(2)24(25(36)28(29,30)31)33-23(35)16-34-15-21(13-19-9-5-3-6-10-19)14-22(26(34)37)32-27(38)39-17-20-11-7-4-8-12-20/h3-12,14-15,18,24-25,36H,13,16-17H2,1-2H3,(H,32,38)(H,33,35). The molecule has 3 rings (SSSR count). The zero-order chi connectivity index (χ0) is 28.6. The van der Waals surface area contributed by atoms with E-state index in [-0.39, 0.29) is 12.3 Å². The third-order valence-electron chi connectivity index (χ3n) is 5.88. The maximum Gasteiger partial charge on any atom is 0.416 e. The number of amides is 2. The molecule has 0 aliphatic rings. The molecule has 0 saturated carbocycles. The van der Waals surface area contributed by atoms with Gasteiger partial charge in [0.2, 0.25) is 5.91 Å². The number of halogens is 3. The molecular weight excluding hydrogens is 515 g/mol. The molecule has 2 unspecified atom stereocenters. The van der Waals surface area contributed by atoms with E-state index in [4.69, 9.17) is 4.74 Å². The van der Waals surface area contributed by atoms with Gasteiger partial charge in [-0.15, -0.1) is 0 Å². The zero-order valence-electron chi connectivity index (χ0n) is 21.4. The summed E-state index contributed by atoms with van der Waals surface area (Å²) >= 11 is 0. The number of rotatable bonds is 10. The smallest absolute Gasteiger partial charge is 0.416 e. The Hall–Kier alpha value is -4.12. The second kappa shape index (κ2) is 13.1. The number of aliphatic hydroxyl groups is 1. The van der Waals surface area contributed by atoms with Crippen LogP contribution in [0, 0.1) is 5.92 Å². The molecule has 0 aliphatic heterocycles. The van der Waals surface area contributed by atoms with Crippen molar-refractivity contribution in [3.8, 4) is 0 Å². The molecule has 3 aromatic rings. The molecule has 3 N–H and O–H groups in total. The number of aliphatic hydroxyl groups excluding tert-OH is 1. The molecule has 39 heavy (non-hydrogen) atoms. The highest BCUT2D eigenvalue weighted by atomic mass is 19.4. The molecule has 0 aliphatic carbocycles. The second-order valence-electron chi connectivity index (χ2n) is 9.37. The number of anilines is 1. The van der Waals surface area contributed by atoms with Gasteiger partial charge in [0.25, 0.3) is 5.56 Å². The topological polar surface area (TPSA) is 110 Å². The van der Waals surface area contributed by atoms with Gasteiger partial charge in [-0.3, -0.25) is 14.9 Å². The van der Waals surface area contributed by atoms with Crippen LogP contribution in [0.5, 0.6) is 0 Å². The Bertz CT molecular complexity index is 1310. The molecule has 1 heterocycles. The molecule has 0 radical (unpaired) electrons. The number of benzene rings is 2. The van der Waals surface area contributed by atoms with Crippen molar-refractivity contribution in [3.63, 3.8) is 0 Å². The predicted octanol–water partition coefficient (Wildman–Crippen LogP) is 4.25. The molecule has 8 nitrogen and oxygen atoms in total. The monoisotopic (exact) mass is 545 g/mol. The number of aromatic nitrogens is 1. The molecule has 0 spiro atoms. The lowest BCUT2D eigenvalue weighted by Gasteiger charge is -2.29. The number of nitrogens with zero attached hydrogens (tertiary/aromatic N) is 1. The molecule has 0 fully saturated rings. The minimum Gasteiger partial charge on any atom is -0.444 e. The van der Waals surface area contributed by atoms with Crippen molar-refractivity contribution in [1.29, 1.82) is 0 Å². The van der Waals surface area contributed by atoms with E-state index in [1.807, 2.05) is 36.4 Å². The van der Waals surface area contributed by atoms with E-state index >= 15 is 0 Å². The number of pyridine rings is 1. The fraction of sp³-hybridized carbons (Fsp3) is 0.321. The number of alkyl halides is 3. The Morgan fingerprint density at radius 3 is 2.13 bits per heavy atom. The van der Waals surface area contributed by atoms with Gasteiger partial charge in [-0.05, 0) is 35.1 Å². The Labute approximate surface area is 223 Å². The van der Waals surface area contributed by atoms with Gasteiger partial charge < -0.3 is 19.7 Å². The highest BCUT2D eigenvalue weighted by Gasteiger charge is 2.45. The van der Waals surface area contributed by atoms with Gasteiger partial charge in [0, 0.05) is 6.20 Å². The molecule has 0 saturated heterocycles. The van der Waals surface area contributed by atoms with Gasteiger partial charge >= 0.3 is 12.3 Å². The highest BCUT2D eigenvalue weighted by molar-refractivity contribution is 5.84. The van der Waals surface area contributed by atoms with Gasteiger partial charge in [-0.2, -0.15) is 13.2 Å². The van der Waals surface area contributed by atoms with Crippen molar-refractivity contribution in [1.82, 2.24) is 9.88 Å². The molecular formula is C28H30F3N3O5. The minimum absolute atomic E-state index is 0.0366. The van der Waals surface area contributed by atoms with Crippen LogP contribution in [0.1, 0.15) is 30.5 Å². The SMILES string of the molecule is CC(C)C(NC(=O)Cn1cc(Cc2ccccc2)cc(NC(=O)OCc2ccccc2)c1=O)C(O)C(F)(F)F. The van der Waals surface area contributed by atoms with E-state index in [1.165, 1.54) is 26.1 Å². The van der Waals surface area contributed by atoms with Crippen LogP contribution in [0.4, 0.5) is 23.7 Å². The predicted molar refractivity (Wildman–Crippen MR) is 139 cm³/mol. The number of nitrogens with one attached hydrogen (secondary N) is 2. The van der Waals surface area contributed by atoms with Crippen molar-refractivity contribution >= 4 is 17.7 Å². The third-order valence-corrected chi connectivity index (χ3v) is 5.88. The maximum absolute atomic E-state index is 13.1. The van der Waals surface area contributed by atoms with Crippen LogP contribution in [0.3, 0.4) is 0 Å². The van der Waals surface area contributed by atoms with E-state index in [0.29, 0.717) is 12.0 Å². The summed E-state index contributed by atoms with van der Waals surface area (Å²) in [4.78, 5) is 38.3. The Morgan fingerprint density at radius 1 is 0.974 bits per heavy atom. The van der Waals surface area contributed by atoms with E-state index in [2.05, 4.69) is 10.6 Å². The Morgan fingerprint density at radius 2 is 1.56 bits per heavy atom. The lowest BCUT2D eigenvalue weighted by atomic mass is 9.98. The largest absolute Gasteiger partial charge is 0.444 e. The van der Waals surface area contributed by atoms with E-state index in [1.54, 1.807) is 24.3 Å². The summed E-state index contributed by atoms with van der Waals surface area (Å²) in [6.07, 6.45) is -6.86. The number of hydrogen-bond donors (Lipinski definition) is 3. The summed E-state index contributed by atoms with van der Waals surface area (Å²) in [5.41, 5.74) is 1.27. The first-order valence-electron chi connectivity index (χ1n) is 12.2. The first-order chi connectivity index (χ1) is 18.4. The van der Waals surface area contributed by atoms with Crippen LogP contribution in [0.25, 0.3) is 0 Å². The fourth-order valence-electron chi connectivity index (χ4n) is 3.90. The summed E-state index contributed by atoms with van der Waals surface area (Å²) in [6.45, 7) is 2.18. The molecule has 11 heteroatoms. The number of ether oxygens (including phenoxy) is 1. The van der Waals surface area contributed by atoms with Crippen LogP contribution in [0.2, 0.25) is 0 Å². The average Bonchev–Trinajstić information content (AvgIpc) is 2.89. The number of carbonyl (C=O) groups excluding carboxylic acids is 2. The summed E-state index contributed by atoms with van der Waals surface area (Å²) in [6, 6.07) is 18.0. The normalized spacial score (nSPS) is 13.0. The van der Waals surface area contributed by atoms with Crippen LogP contribution >= 0.6 is 0 Å². The number of hydrogen-bond acceptors (Lipinski definition) is 5. The molecule has 208 valence electrons. The van der Waals surface area contributed by atoms with E-state index in [9.17, 15) is 32.7 Å². The van der Waals surface area contributed by atoms with Crippen molar-refractivity contribution in [2.24, 2.45) is 5.92 Å². The van der Waals surface area contributed by atoms with Gasteiger partial charge in [0.05, 0.1) is 6.04 Å². The molecule has 1 aromatic heterocycles. The second-order valence-corrected chi connectivity index (χ2v) is 9.37. The van der Waals surface area contributed by atoms with Crippen molar-refractivity contribution in [2.45, 2.75) is 51.7 Å². The summed E-state index contributed by atoms with van der Waals surface area (Å²) < 4.78 is 45.5. The van der Waals surface area contributed by atoms with Crippen LogP contribution in [-0.2, 0) is 29.1 Å². The van der Waals surface area contributed by atoms with Crippen molar-refractivity contribution < 1.29 is 32.6 Å². The molecule has 0 bridgehead atoms. The molecule has 2 atom stereocenters. The van der Waals surface area contributed by atoms with E-state index < -0.39 is 48.3 Å². The molecule has 2 amide bonds. The third kappa shape index (κ3) is 8.71. The van der Waals surface area contributed by atoms with Crippen molar-refractivity contribution in [3.05, 3.63) is 100.0 Å². The van der Waals surface area contributed by atoms with Gasteiger partial charge in [-0.25, -0.2) is 4.79 Å². The lowest BCUT2D eigenvalue weighted by molar-refractivity contribution is -0.215. The average molecular weight is 546 g/mol. The van der Waals surface area contributed by atoms with Gasteiger partial charge in [-0.1, -0.05) is 74.5 Å². The van der Waals surface area contributed by atoms with Crippen LogP contribution in [0.15, 0.2) is 77.7 Å². The lowest BCUT2D eigenvalue weighted by Crippen LogP contribution is -2.53. The Balaban J connectivity index is 1.83. The van der Waals surface area contributed by atoms with Gasteiger partial charge in [0.1, 0.15) is 18.8 Å². The summed E-state index contributed by atoms with van der Waals surface area (Å²) in [5, 5.41) is 14.3. The van der Waals surface area contributed by atoms with Crippen LogP contribution in [-0.4, -0.2) is 40.0 Å². The first-order valence-corrected chi connectivity index (χ1v) is 12.2. The van der Waals surface area contributed by atoms with E-state index in [0.717, 1.165) is 15.7 Å². The van der Waals surface area contributed by atoms with Crippen LogP contribution < -0.4 is 16.2 Å². The summed E-state index contributed by atoms with van der Waals surface area (Å²) in [5.74, 6) is -1.66. The number of carbonyl (C=O) groups is 2. The maximum atomic E-state index is 13.1. The van der Waals surface area contributed by atoms with Gasteiger partial charge in [0.15, 0.2) is 6.10 Å². The molecule has 2 aromatic carbocycles. The first kappa shape index (κ1) is 29.4. The quantitative estimate of drug-likeness (QED) is 0.353. The summed E-state index contributed by atoms with van der Waals surface area (Å²) in [7, 11) is 0.